The molecule has 6 N–H and O–H groups in total. The molecule has 0 aromatic rings. The quantitative estimate of drug-likeness (QED) is 0.279. The zero-order chi connectivity index (χ0) is 28.9. The van der Waals surface area contributed by atoms with Crippen LogP contribution in [0.4, 0.5) is 4.39 Å². The van der Waals surface area contributed by atoms with Crippen molar-refractivity contribution >= 4 is 11.6 Å². The molecule has 0 spiro atoms. The van der Waals surface area contributed by atoms with Crippen LogP contribution in [0.5, 0.6) is 0 Å². The van der Waals surface area contributed by atoms with Gasteiger partial charge in [-0.2, -0.15) is 0 Å². The lowest BCUT2D eigenvalue weighted by Crippen LogP contribution is -2.69. The summed E-state index contributed by atoms with van der Waals surface area (Å²) < 4.78 is 28.8. The minimum atomic E-state index is -2.29. The summed E-state index contributed by atoms with van der Waals surface area (Å²) in [7, 11) is 0. The Morgan fingerprint density at radius 3 is 2.44 bits per heavy atom. The van der Waals surface area contributed by atoms with Crippen LogP contribution in [0.1, 0.15) is 53.4 Å². The number of fused-ring (bicyclic) bond motifs is 5. The maximum Gasteiger partial charge on any atom is 0.229 e. The number of hydrogen-bond acceptors (Lipinski definition) is 10. The molecule has 11 heteroatoms. The molecule has 39 heavy (non-hydrogen) atoms. The van der Waals surface area contributed by atoms with Gasteiger partial charge in [0.25, 0.3) is 0 Å². The molecule has 3 saturated carbocycles. The van der Waals surface area contributed by atoms with Crippen molar-refractivity contribution in [1.82, 2.24) is 0 Å². The highest BCUT2D eigenvalue weighted by atomic mass is 19.1. The van der Waals surface area contributed by atoms with Crippen LogP contribution in [0.15, 0.2) is 23.5 Å². The molecule has 0 radical (unpaired) electrons. The lowest BCUT2D eigenvalue weighted by Gasteiger charge is -2.62. The number of allylic oxidation sites excluding steroid dienone is 3. The SMILES string of the molecule is C[C@@H]1C[C@H]2[C@@H]3CCC4=CC(=O)C(O[C@@H]5O[C@H](C)[C@@H](O)[C@H](O)[C@H]5O)=C[C@]4(C)[C@@]3(F)[C@@H](O)C[C@]2(C)[C@@]1(O)C(=O)CO. The van der Waals surface area contributed by atoms with Crippen molar-refractivity contribution in [2.75, 3.05) is 6.61 Å². The number of aliphatic hydroxyl groups is 6. The zero-order valence-corrected chi connectivity index (χ0v) is 22.6. The van der Waals surface area contributed by atoms with Gasteiger partial charge in [0.05, 0.1) is 12.2 Å². The Morgan fingerprint density at radius 2 is 1.79 bits per heavy atom. The van der Waals surface area contributed by atoms with Crippen molar-refractivity contribution in [3.8, 4) is 0 Å². The fourth-order valence-electron chi connectivity index (χ4n) is 8.65. The first-order chi connectivity index (χ1) is 18.1. The van der Waals surface area contributed by atoms with E-state index in [-0.39, 0.29) is 18.6 Å². The van der Waals surface area contributed by atoms with Gasteiger partial charge in [0.2, 0.25) is 12.1 Å². The van der Waals surface area contributed by atoms with Gasteiger partial charge in [0.1, 0.15) is 30.5 Å². The second kappa shape index (κ2) is 9.14. The number of alkyl halides is 1. The van der Waals surface area contributed by atoms with Gasteiger partial charge in [-0.1, -0.05) is 19.4 Å². The van der Waals surface area contributed by atoms with Crippen molar-refractivity contribution in [1.29, 1.82) is 0 Å². The number of rotatable bonds is 4. The van der Waals surface area contributed by atoms with E-state index < -0.39 is 94.8 Å². The average molecular weight is 555 g/mol. The Kier molecular flexibility index (Phi) is 6.74. The van der Waals surface area contributed by atoms with Crippen LogP contribution >= 0.6 is 0 Å². The standard InChI is InChI=1S/C28H39FO10/c1-12-7-16-15-6-5-14-8-17(31)18(39-24-23(36)22(35)21(34)13(2)38-24)9-25(14,3)27(15,29)19(32)10-26(16,4)28(12,37)20(33)11-30/h8-9,12-13,15-16,19,21-24,30,32,34-37H,5-7,10-11H2,1-4H3/t12-,13-,15+,16+,19+,21-,22+,23-,24+,25+,26+,27+,28+/m1/s1. The number of ketones is 2. The first-order valence-electron chi connectivity index (χ1n) is 13.7. The molecular formula is C28H39FO10. The third-order valence-corrected chi connectivity index (χ3v) is 10.9. The molecule has 0 bridgehead atoms. The molecule has 0 unspecified atom stereocenters. The van der Waals surface area contributed by atoms with Gasteiger partial charge in [-0.3, -0.25) is 9.59 Å². The number of ether oxygens (including phenoxy) is 2. The summed E-state index contributed by atoms with van der Waals surface area (Å²) in [6.45, 7) is 5.57. The van der Waals surface area contributed by atoms with Crippen LogP contribution in [-0.4, -0.2) is 96.9 Å². The first kappa shape index (κ1) is 28.8. The predicted molar refractivity (Wildman–Crippen MR) is 132 cm³/mol. The van der Waals surface area contributed by atoms with Gasteiger partial charge in [-0.05, 0) is 63.5 Å². The molecule has 1 aliphatic heterocycles. The molecule has 4 aliphatic carbocycles. The molecule has 4 fully saturated rings. The molecule has 13 atom stereocenters. The van der Waals surface area contributed by atoms with Crippen LogP contribution in [0.25, 0.3) is 0 Å². The average Bonchev–Trinajstić information content (AvgIpc) is 3.08. The Hall–Kier alpha value is -1.73. The molecule has 218 valence electrons. The van der Waals surface area contributed by atoms with E-state index in [1.807, 2.05) is 0 Å². The number of halogens is 1. The summed E-state index contributed by atoms with van der Waals surface area (Å²) in [4.78, 5) is 25.8. The molecule has 0 amide bonds. The van der Waals surface area contributed by atoms with E-state index in [9.17, 15) is 40.2 Å². The summed E-state index contributed by atoms with van der Waals surface area (Å²) in [6.07, 6.45) is -5.37. The Bertz CT molecular complexity index is 1120. The van der Waals surface area contributed by atoms with E-state index in [0.29, 0.717) is 18.4 Å². The van der Waals surface area contributed by atoms with Gasteiger partial charge in [-0.15, -0.1) is 0 Å². The molecule has 10 nitrogen and oxygen atoms in total. The summed E-state index contributed by atoms with van der Waals surface area (Å²) in [5, 5.41) is 63.2. The van der Waals surface area contributed by atoms with Gasteiger partial charge < -0.3 is 40.1 Å². The second-order valence-electron chi connectivity index (χ2n) is 12.7. The Morgan fingerprint density at radius 1 is 1.13 bits per heavy atom. The Balaban J connectivity index is 1.53. The lowest BCUT2D eigenvalue weighted by atomic mass is 9.44. The van der Waals surface area contributed by atoms with Crippen molar-refractivity contribution in [2.24, 2.45) is 28.6 Å². The van der Waals surface area contributed by atoms with Gasteiger partial charge in [-0.25, -0.2) is 4.39 Å². The van der Waals surface area contributed by atoms with E-state index in [2.05, 4.69) is 0 Å². The maximum atomic E-state index is 17.7. The first-order valence-corrected chi connectivity index (χ1v) is 13.7. The van der Waals surface area contributed by atoms with Gasteiger partial charge >= 0.3 is 0 Å². The van der Waals surface area contributed by atoms with Gasteiger partial charge in [0.15, 0.2) is 17.2 Å². The molecule has 0 aromatic carbocycles. The summed E-state index contributed by atoms with van der Waals surface area (Å²) in [5.41, 5.74) is -6.42. The van der Waals surface area contributed by atoms with Crippen LogP contribution in [0, 0.1) is 28.6 Å². The number of carbonyl (C=O) groups excluding carboxylic acids is 2. The molecule has 5 aliphatic rings. The maximum absolute atomic E-state index is 17.7. The summed E-state index contributed by atoms with van der Waals surface area (Å²) in [5.74, 6) is -3.48. The zero-order valence-electron chi connectivity index (χ0n) is 22.6. The van der Waals surface area contributed by atoms with Crippen molar-refractivity contribution in [3.05, 3.63) is 23.5 Å². The fraction of sp³-hybridized carbons (Fsp3) is 0.786. The second-order valence-corrected chi connectivity index (χ2v) is 12.7. The predicted octanol–water partition coefficient (Wildman–Crippen LogP) is 0.0675. The largest absolute Gasteiger partial charge is 0.458 e. The van der Waals surface area contributed by atoms with Crippen molar-refractivity contribution < 1.29 is 54.1 Å². The monoisotopic (exact) mass is 554 g/mol. The third-order valence-electron chi connectivity index (χ3n) is 10.9. The number of carbonyl (C=O) groups is 2. The van der Waals surface area contributed by atoms with Crippen LogP contribution in [0.2, 0.25) is 0 Å². The molecule has 1 saturated heterocycles. The van der Waals surface area contributed by atoms with E-state index >= 15 is 4.39 Å². The molecule has 1 heterocycles. The molecule has 5 rings (SSSR count). The highest BCUT2D eigenvalue weighted by Gasteiger charge is 2.75. The fourth-order valence-corrected chi connectivity index (χ4v) is 8.65. The summed E-state index contributed by atoms with van der Waals surface area (Å²) in [6, 6.07) is 0. The van der Waals surface area contributed by atoms with Crippen molar-refractivity contribution in [2.45, 2.75) is 101 Å². The lowest BCUT2D eigenvalue weighted by molar-refractivity contribution is -0.282. The highest BCUT2D eigenvalue weighted by molar-refractivity contribution is 6.04. The van der Waals surface area contributed by atoms with Crippen molar-refractivity contribution in [3.63, 3.8) is 0 Å². The van der Waals surface area contributed by atoms with E-state index in [1.165, 1.54) is 19.1 Å². The van der Waals surface area contributed by atoms with E-state index in [4.69, 9.17) is 9.47 Å². The third kappa shape index (κ3) is 3.57. The van der Waals surface area contributed by atoms with Crippen LogP contribution in [-0.2, 0) is 19.1 Å². The molecular weight excluding hydrogens is 515 g/mol. The topological polar surface area (TPSA) is 174 Å². The number of Topliss-reactive ketones (excluding diaryl/α,β-unsaturated/α-hetero) is 1. The minimum Gasteiger partial charge on any atom is -0.458 e. The van der Waals surface area contributed by atoms with Crippen LogP contribution < -0.4 is 0 Å². The molecule has 0 aromatic heterocycles. The van der Waals surface area contributed by atoms with Crippen LogP contribution in [0.3, 0.4) is 0 Å². The van der Waals surface area contributed by atoms with E-state index in [1.54, 1.807) is 20.8 Å². The summed E-state index contributed by atoms with van der Waals surface area (Å²) >= 11 is 0. The number of hydrogen-bond donors (Lipinski definition) is 6. The highest BCUT2D eigenvalue weighted by Crippen LogP contribution is 2.70. The normalized spacial score (nSPS) is 53.2. The minimum absolute atomic E-state index is 0.232. The Labute approximate surface area is 226 Å². The van der Waals surface area contributed by atoms with E-state index in [0.717, 1.165) is 0 Å². The number of aliphatic hydroxyl groups excluding tert-OH is 5. The smallest absolute Gasteiger partial charge is 0.229 e. The van der Waals surface area contributed by atoms with Gasteiger partial charge in [0, 0.05) is 16.7 Å².